The van der Waals surface area contributed by atoms with E-state index < -0.39 is 0 Å². The minimum absolute atomic E-state index is 0.104. The first-order valence-electron chi connectivity index (χ1n) is 5.28. The van der Waals surface area contributed by atoms with E-state index in [0.717, 1.165) is 11.0 Å². The van der Waals surface area contributed by atoms with Gasteiger partial charge in [-0.1, -0.05) is 12.1 Å². The maximum Gasteiger partial charge on any atom is 0.239 e. The molecule has 5 nitrogen and oxygen atoms in total. The summed E-state index contributed by atoms with van der Waals surface area (Å²) in [6.45, 7) is 0.189. The summed E-state index contributed by atoms with van der Waals surface area (Å²) in [6.07, 6.45) is 0.200. The van der Waals surface area contributed by atoms with E-state index in [4.69, 9.17) is 5.26 Å². The van der Waals surface area contributed by atoms with Crippen LogP contribution in [-0.2, 0) is 17.8 Å². The number of para-hydroxylation sites is 2. The van der Waals surface area contributed by atoms with Crippen molar-refractivity contribution < 1.29 is 4.79 Å². The van der Waals surface area contributed by atoms with Gasteiger partial charge in [0.1, 0.15) is 12.4 Å². The first-order valence-corrected chi connectivity index (χ1v) is 5.28. The van der Waals surface area contributed by atoms with Crippen LogP contribution in [0, 0.1) is 11.3 Å². The number of nitrogens with zero attached hydrogens (tertiary/aromatic N) is 3. The quantitative estimate of drug-likeness (QED) is 0.846. The molecule has 1 amide bonds. The Balaban J connectivity index is 2.52. The van der Waals surface area contributed by atoms with Crippen LogP contribution in [0.15, 0.2) is 24.3 Å². The van der Waals surface area contributed by atoms with Crippen LogP contribution < -0.4 is 5.32 Å². The van der Waals surface area contributed by atoms with Crippen LogP contribution in [-0.4, -0.2) is 22.5 Å². The second kappa shape index (κ2) is 4.66. The summed E-state index contributed by atoms with van der Waals surface area (Å²) in [6, 6.07) is 9.60. The molecule has 0 aliphatic heterocycles. The third kappa shape index (κ3) is 2.11. The molecule has 0 saturated carbocycles. The number of benzene rings is 1. The molecule has 0 radical (unpaired) electrons. The summed E-state index contributed by atoms with van der Waals surface area (Å²) < 4.78 is 1.78. The average Bonchev–Trinajstić information content (AvgIpc) is 2.68. The molecule has 0 spiro atoms. The van der Waals surface area contributed by atoms with Crippen molar-refractivity contribution in [1.29, 1.82) is 5.26 Å². The predicted octanol–water partition coefficient (Wildman–Crippen LogP) is 0.848. The lowest BCUT2D eigenvalue weighted by Crippen LogP contribution is -2.24. The van der Waals surface area contributed by atoms with Gasteiger partial charge >= 0.3 is 0 Å². The molecule has 86 valence electrons. The molecule has 0 unspecified atom stereocenters. The number of carbonyl (C=O) groups excluding carboxylic acids is 1. The maximum atomic E-state index is 11.4. The zero-order valence-corrected chi connectivity index (χ0v) is 9.47. The minimum atomic E-state index is -0.104. The van der Waals surface area contributed by atoms with Gasteiger partial charge in [-0.2, -0.15) is 5.26 Å². The fourth-order valence-corrected chi connectivity index (χ4v) is 1.73. The van der Waals surface area contributed by atoms with Gasteiger partial charge in [0.2, 0.25) is 5.91 Å². The van der Waals surface area contributed by atoms with E-state index in [9.17, 15) is 4.79 Å². The molecule has 2 aromatic rings. The van der Waals surface area contributed by atoms with Crippen molar-refractivity contribution in [3.8, 4) is 6.07 Å². The van der Waals surface area contributed by atoms with E-state index in [1.807, 2.05) is 24.3 Å². The number of hydrogen-bond acceptors (Lipinski definition) is 3. The highest BCUT2D eigenvalue weighted by molar-refractivity contribution is 5.81. The van der Waals surface area contributed by atoms with Crippen molar-refractivity contribution in [3.63, 3.8) is 0 Å². The number of likely N-dealkylation sites (N-methyl/N-ethyl adjacent to an activating group) is 1. The van der Waals surface area contributed by atoms with E-state index >= 15 is 0 Å². The second-order valence-electron chi connectivity index (χ2n) is 3.61. The zero-order chi connectivity index (χ0) is 12.3. The summed E-state index contributed by atoms with van der Waals surface area (Å²) in [5.41, 5.74) is 1.68. The molecule has 0 aliphatic carbocycles. The van der Waals surface area contributed by atoms with Gasteiger partial charge in [-0.15, -0.1) is 0 Å². The molecular weight excluding hydrogens is 216 g/mol. The number of hydrogen-bond donors (Lipinski definition) is 1. The molecule has 0 bridgehead atoms. The van der Waals surface area contributed by atoms with Gasteiger partial charge in [0.05, 0.1) is 23.5 Å². The summed E-state index contributed by atoms with van der Waals surface area (Å²) >= 11 is 0. The predicted molar refractivity (Wildman–Crippen MR) is 63.1 cm³/mol. The standard InChI is InChI=1S/C12H12N4O/c1-14-12(17)8-16-10-5-3-2-4-9(10)15-11(16)6-7-13/h2-5H,6,8H2,1H3,(H,14,17). The largest absolute Gasteiger partial charge is 0.358 e. The van der Waals surface area contributed by atoms with Crippen molar-refractivity contribution in [1.82, 2.24) is 14.9 Å². The molecule has 0 aliphatic rings. The van der Waals surface area contributed by atoms with Gasteiger partial charge in [-0.25, -0.2) is 4.98 Å². The molecule has 1 aromatic carbocycles. The SMILES string of the molecule is CNC(=O)Cn1c(CC#N)nc2ccccc21. The Bertz CT molecular complexity index is 594. The van der Waals surface area contributed by atoms with E-state index in [1.165, 1.54) is 0 Å². The summed E-state index contributed by atoms with van der Waals surface area (Å²) in [5.74, 6) is 0.518. The lowest BCUT2D eigenvalue weighted by atomic mass is 10.3. The minimum Gasteiger partial charge on any atom is -0.358 e. The number of nitriles is 1. The number of imidazole rings is 1. The molecule has 0 saturated heterocycles. The highest BCUT2D eigenvalue weighted by Gasteiger charge is 2.12. The molecule has 1 heterocycles. The normalized spacial score (nSPS) is 10.1. The van der Waals surface area contributed by atoms with Gasteiger partial charge < -0.3 is 9.88 Å². The Kier molecular flexibility index (Phi) is 3.06. The number of amides is 1. The van der Waals surface area contributed by atoms with Crippen molar-refractivity contribution in [2.75, 3.05) is 7.05 Å². The highest BCUT2D eigenvalue weighted by atomic mass is 16.1. The second-order valence-corrected chi connectivity index (χ2v) is 3.61. The first kappa shape index (κ1) is 11.1. The molecule has 5 heteroatoms. The van der Waals surface area contributed by atoms with Crippen molar-refractivity contribution in [2.24, 2.45) is 0 Å². The molecule has 2 rings (SSSR count). The Labute approximate surface area is 98.7 Å². The number of aromatic nitrogens is 2. The van der Waals surface area contributed by atoms with Gasteiger partial charge in [0.25, 0.3) is 0 Å². The van der Waals surface area contributed by atoms with E-state index in [1.54, 1.807) is 11.6 Å². The fraction of sp³-hybridized carbons (Fsp3) is 0.250. The molecule has 0 atom stereocenters. The summed E-state index contributed by atoms with van der Waals surface area (Å²) in [7, 11) is 1.59. The van der Waals surface area contributed by atoms with Crippen LogP contribution in [0.3, 0.4) is 0 Å². The number of fused-ring (bicyclic) bond motifs is 1. The number of rotatable bonds is 3. The van der Waals surface area contributed by atoms with Crippen LogP contribution in [0.2, 0.25) is 0 Å². The monoisotopic (exact) mass is 228 g/mol. The average molecular weight is 228 g/mol. The van der Waals surface area contributed by atoms with Crippen LogP contribution in [0.25, 0.3) is 11.0 Å². The van der Waals surface area contributed by atoms with Crippen LogP contribution in [0.5, 0.6) is 0 Å². The maximum absolute atomic E-state index is 11.4. The van der Waals surface area contributed by atoms with Gasteiger partial charge in [-0.05, 0) is 12.1 Å². The van der Waals surface area contributed by atoms with E-state index in [-0.39, 0.29) is 18.9 Å². The lowest BCUT2D eigenvalue weighted by molar-refractivity contribution is -0.121. The third-order valence-corrected chi connectivity index (χ3v) is 2.55. The van der Waals surface area contributed by atoms with Crippen molar-refractivity contribution in [3.05, 3.63) is 30.1 Å². The molecule has 0 fully saturated rings. The Morgan fingerprint density at radius 3 is 3.00 bits per heavy atom. The summed E-state index contributed by atoms with van der Waals surface area (Å²) in [4.78, 5) is 15.8. The van der Waals surface area contributed by atoms with Crippen LogP contribution >= 0.6 is 0 Å². The molecule has 1 N–H and O–H groups in total. The topological polar surface area (TPSA) is 70.7 Å². The Morgan fingerprint density at radius 2 is 2.29 bits per heavy atom. The lowest BCUT2D eigenvalue weighted by Gasteiger charge is -2.05. The molecule has 17 heavy (non-hydrogen) atoms. The van der Waals surface area contributed by atoms with Crippen LogP contribution in [0.4, 0.5) is 0 Å². The third-order valence-electron chi connectivity index (χ3n) is 2.55. The van der Waals surface area contributed by atoms with Gasteiger partial charge in [0.15, 0.2) is 0 Å². The van der Waals surface area contributed by atoms with Gasteiger partial charge in [0, 0.05) is 7.05 Å². The summed E-state index contributed by atoms with van der Waals surface area (Å²) in [5, 5.41) is 11.3. The Morgan fingerprint density at radius 1 is 1.53 bits per heavy atom. The first-order chi connectivity index (χ1) is 8.26. The van der Waals surface area contributed by atoms with Crippen LogP contribution in [0.1, 0.15) is 5.82 Å². The number of nitrogens with one attached hydrogen (secondary N) is 1. The fourth-order valence-electron chi connectivity index (χ4n) is 1.73. The van der Waals surface area contributed by atoms with Crippen molar-refractivity contribution >= 4 is 16.9 Å². The zero-order valence-electron chi connectivity index (χ0n) is 9.47. The van der Waals surface area contributed by atoms with Crippen molar-refractivity contribution in [2.45, 2.75) is 13.0 Å². The molecular formula is C12H12N4O. The highest BCUT2D eigenvalue weighted by Crippen LogP contribution is 2.16. The van der Waals surface area contributed by atoms with Gasteiger partial charge in [-0.3, -0.25) is 4.79 Å². The van der Waals surface area contributed by atoms with E-state index in [0.29, 0.717) is 5.82 Å². The van der Waals surface area contributed by atoms with E-state index in [2.05, 4.69) is 16.4 Å². The number of carbonyl (C=O) groups is 1. The Hall–Kier alpha value is -2.35. The molecule has 1 aromatic heterocycles. The smallest absolute Gasteiger partial charge is 0.239 e.